The summed E-state index contributed by atoms with van der Waals surface area (Å²) in [4.78, 5) is 21.0. The maximum Gasteiger partial charge on any atom is 0.376 e. The van der Waals surface area contributed by atoms with E-state index in [1.807, 2.05) is 0 Å². The molecular weight excluding hydrogens is 264 g/mol. The minimum Gasteiger partial charge on any atom is -0.507 e. The molecule has 0 fully saturated rings. The van der Waals surface area contributed by atoms with E-state index in [2.05, 4.69) is 15.9 Å². The molecule has 0 amide bonds. The minimum absolute atomic E-state index is 0.372. The molecule has 0 radical (unpaired) electrons. The van der Waals surface area contributed by atoms with Gasteiger partial charge >= 0.3 is 5.97 Å². The van der Waals surface area contributed by atoms with E-state index >= 15 is 0 Å². The fourth-order valence-corrected chi connectivity index (χ4v) is 1.32. The van der Waals surface area contributed by atoms with Gasteiger partial charge in [-0.1, -0.05) is 28.1 Å². The molecule has 0 bridgehead atoms. The van der Waals surface area contributed by atoms with Gasteiger partial charge in [-0.05, 0) is 12.1 Å². The van der Waals surface area contributed by atoms with Crippen LogP contribution >= 0.6 is 15.9 Å². The smallest absolute Gasteiger partial charge is 0.376 e. The number of ketones is 1. The molecule has 0 saturated carbocycles. The van der Waals surface area contributed by atoms with E-state index in [1.165, 1.54) is 0 Å². The Morgan fingerprint density at radius 1 is 1.27 bits per heavy atom. The maximum absolute atomic E-state index is 10.8. The Morgan fingerprint density at radius 3 is 2.47 bits per heavy atom. The first-order chi connectivity index (χ1) is 7.00. The lowest BCUT2D eigenvalue weighted by molar-refractivity contribution is -0.146. The Morgan fingerprint density at radius 2 is 1.93 bits per heavy atom. The fourth-order valence-electron chi connectivity index (χ4n) is 0.917. The van der Waals surface area contributed by atoms with E-state index in [0.29, 0.717) is 11.6 Å². The Labute approximate surface area is 94.0 Å². The summed E-state index contributed by atoms with van der Waals surface area (Å²) in [5.74, 6) is -3.13. The normalized spacial score (nSPS) is 11.1. The van der Waals surface area contributed by atoms with Gasteiger partial charge in [0.2, 0.25) is 0 Å². The Bertz CT molecular complexity index is 437. The third-order valence-corrected chi connectivity index (χ3v) is 2.09. The highest BCUT2D eigenvalue weighted by atomic mass is 79.9. The van der Waals surface area contributed by atoms with Crippen LogP contribution in [-0.4, -0.2) is 22.0 Å². The van der Waals surface area contributed by atoms with E-state index in [4.69, 9.17) is 5.11 Å². The third kappa shape index (κ3) is 3.21. The lowest BCUT2D eigenvalue weighted by atomic mass is 10.1. The fraction of sp³-hybridized carbons (Fsp3) is 0. The standard InChI is InChI=1S/C10H7BrO4/c11-7-3-1-2-6(4-7)8(12)5-9(13)10(14)15/h1-5,12H,(H,14,15)/b8-5-. The van der Waals surface area contributed by atoms with Crippen LogP contribution in [0.15, 0.2) is 34.8 Å². The molecule has 0 atom stereocenters. The van der Waals surface area contributed by atoms with E-state index in [0.717, 1.165) is 4.47 Å². The van der Waals surface area contributed by atoms with Gasteiger partial charge in [-0.3, -0.25) is 4.79 Å². The number of halogens is 1. The van der Waals surface area contributed by atoms with Crippen molar-refractivity contribution in [3.8, 4) is 0 Å². The molecular formula is C10H7BrO4. The van der Waals surface area contributed by atoms with Crippen molar-refractivity contribution >= 4 is 33.4 Å². The summed E-state index contributed by atoms with van der Waals surface area (Å²) >= 11 is 3.19. The number of aliphatic hydroxyl groups is 1. The molecule has 0 aliphatic heterocycles. The molecule has 0 unspecified atom stereocenters. The molecule has 0 heterocycles. The lowest BCUT2D eigenvalue weighted by Gasteiger charge is -1.99. The first-order valence-corrected chi connectivity index (χ1v) is 4.74. The van der Waals surface area contributed by atoms with Crippen LogP contribution in [-0.2, 0) is 9.59 Å². The third-order valence-electron chi connectivity index (χ3n) is 1.60. The molecule has 5 heteroatoms. The molecule has 78 valence electrons. The number of carbonyl (C=O) groups excluding carboxylic acids is 1. The van der Waals surface area contributed by atoms with Crippen LogP contribution in [0, 0.1) is 0 Å². The van der Waals surface area contributed by atoms with Crippen LogP contribution in [0.25, 0.3) is 5.76 Å². The zero-order valence-electron chi connectivity index (χ0n) is 7.48. The Hall–Kier alpha value is -1.62. The number of carboxylic acid groups (broad SMARTS) is 1. The largest absolute Gasteiger partial charge is 0.507 e. The van der Waals surface area contributed by atoms with Crippen molar-refractivity contribution in [1.82, 2.24) is 0 Å². The summed E-state index contributed by atoms with van der Waals surface area (Å²) in [5, 5.41) is 17.7. The van der Waals surface area contributed by atoms with Crippen LogP contribution in [0.4, 0.5) is 0 Å². The molecule has 1 aromatic rings. The number of aliphatic carboxylic acids is 1. The molecule has 1 aromatic carbocycles. The highest BCUT2D eigenvalue weighted by Gasteiger charge is 2.10. The van der Waals surface area contributed by atoms with Gasteiger partial charge in [0.15, 0.2) is 0 Å². The Balaban J connectivity index is 2.99. The van der Waals surface area contributed by atoms with E-state index in [9.17, 15) is 14.7 Å². The topological polar surface area (TPSA) is 74.6 Å². The number of rotatable bonds is 3. The molecule has 15 heavy (non-hydrogen) atoms. The zero-order chi connectivity index (χ0) is 11.4. The van der Waals surface area contributed by atoms with Crippen molar-refractivity contribution < 1.29 is 19.8 Å². The summed E-state index contributed by atoms with van der Waals surface area (Å²) in [6, 6.07) is 6.54. The maximum atomic E-state index is 10.8. The molecule has 1 rings (SSSR count). The van der Waals surface area contributed by atoms with E-state index < -0.39 is 11.8 Å². The van der Waals surface area contributed by atoms with Crippen molar-refractivity contribution in [3.05, 3.63) is 40.4 Å². The van der Waals surface area contributed by atoms with Crippen molar-refractivity contribution in [2.45, 2.75) is 0 Å². The molecule has 0 saturated heterocycles. The van der Waals surface area contributed by atoms with Crippen LogP contribution in [0.5, 0.6) is 0 Å². The van der Waals surface area contributed by atoms with Crippen LogP contribution in [0.1, 0.15) is 5.56 Å². The van der Waals surface area contributed by atoms with Crippen molar-refractivity contribution in [3.63, 3.8) is 0 Å². The molecule has 0 aliphatic rings. The minimum atomic E-state index is -1.60. The average molecular weight is 271 g/mol. The van der Waals surface area contributed by atoms with Gasteiger partial charge in [-0.15, -0.1) is 0 Å². The number of hydrogen-bond acceptors (Lipinski definition) is 3. The first-order valence-electron chi connectivity index (χ1n) is 3.94. The SMILES string of the molecule is O=C(O)C(=O)/C=C(\O)c1cccc(Br)c1. The summed E-state index contributed by atoms with van der Waals surface area (Å²) in [5.41, 5.74) is 0.374. The van der Waals surface area contributed by atoms with E-state index in [1.54, 1.807) is 24.3 Å². The second-order valence-electron chi connectivity index (χ2n) is 2.71. The number of carboxylic acids is 1. The first kappa shape index (κ1) is 11.5. The second-order valence-corrected chi connectivity index (χ2v) is 3.63. The van der Waals surface area contributed by atoms with Gasteiger partial charge in [0.1, 0.15) is 5.76 Å². The zero-order valence-corrected chi connectivity index (χ0v) is 9.06. The van der Waals surface area contributed by atoms with Gasteiger partial charge in [0.05, 0.1) is 0 Å². The monoisotopic (exact) mass is 270 g/mol. The second kappa shape index (κ2) is 4.75. The van der Waals surface area contributed by atoms with Gasteiger partial charge in [-0.25, -0.2) is 4.79 Å². The number of hydrogen-bond donors (Lipinski definition) is 2. The Kier molecular flexibility index (Phi) is 3.62. The predicted molar refractivity (Wildman–Crippen MR) is 57.4 cm³/mol. The number of carbonyl (C=O) groups is 2. The molecule has 0 aliphatic carbocycles. The van der Waals surface area contributed by atoms with Gasteiger partial charge in [0.25, 0.3) is 5.78 Å². The van der Waals surface area contributed by atoms with Crippen molar-refractivity contribution in [1.29, 1.82) is 0 Å². The van der Waals surface area contributed by atoms with Crippen LogP contribution in [0.3, 0.4) is 0 Å². The number of benzene rings is 1. The lowest BCUT2D eigenvalue weighted by Crippen LogP contribution is -2.09. The van der Waals surface area contributed by atoms with Gasteiger partial charge in [-0.2, -0.15) is 0 Å². The van der Waals surface area contributed by atoms with Crippen molar-refractivity contribution in [2.24, 2.45) is 0 Å². The molecule has 4 nitrogen and oxygen atoms in total. The van der Waals surface area contributed by atoms with E-state index in [-0.39, 0.29) is 5.76 Å². The van der Waals surface area contributed by atoms with Gasteiger partial charge < -0.3 is 10.2 Å². The van der Waals surface area contributed by atoms with Crippen molar-refractivity contribution in [2.75, 3.05) is 0 Å². The number of aliphatic hydroxyl groups excluding tert-OH is 1. The quantitative estimate of drug-likeness (QED) is 0.501. The highest BCUT2D eigenvalue weighted by molar-refractivity contribution is 9.10. The molecule has 2 N–H and O–H groups in total. The summed E-state index contributed by atoms with van der Waals surface area (Å²) in [6.45, 7) is 0. The predicted octanol–water partition coefficient (Wildman–Crippen LogP) is 2.00. The summed E-state index contributed by atoms with van der Waals surface area (Å²) in [7, 11) is 0. The average Bonchev–Trinajstić information content (AvgIpc) is 2.17. The van der Waals surface area contributed by atoms with Gasteiger partial charge in [0, 0.05) is 16.1 Å². The molecule has 0 spiro atoms. The summed E-state index contributed by atoms with van der Waals surface area (Å²) in [6.07, 6.45) is 0.671. The van der Waals surface area contributed by atoms with Crippen LogP contribution in [0.2, 0.25) is 0 Å². The molecule has 0 aromatic heterocycles. The highest BCUT2D eigenvalue weighted by Crippen LogP contribution is 2.17. The van der Waals surface area contributed by atoms with Crippen LogP contribution < -0.4 is 0 Å². The summed E-state index contributed by atoms with van der Waals surface area (Å²) < 4.78 is 0.725.